The molecule has 0 spiro atoms. The zero-order chi connectivity index (χ0) is 23.7. The van der Waals surface area contributed by atoms with Crippen LogP contribution in [0.4, 0.5) is 5.69 Å². The van der Waals surface area contributed by atoms with Crippen molar-refractivity contribution < 1.29 is 14.3 Å². The third kappa shape index (κ3) is 4.02. The second-order valence-electron chi connectivity index (χ2n) is 8.27. The molecule has 1 saturated heterocycles. The van der Waals surface area contributed by atoms with Gasteiger partial charge in [0, 0.05) is 18.0 Å². The van der Waals surface area contributed by atoms with Gasteiger partial charge >= 0.3 is 0 Å². The van der Waals surface area contributed by atoms with Gasteiger partial charge in [-0.1, -0.05) is 0 Å². The molecular formula is C24H23N7O3. The van der Waals surface area contributed by atoms with Gasteiger partial charge in [-0.3, -0.25) is 9.78 Å². The maximum atomic E-state index is 13.0. The number of nitrogens with one attached hydrogen (secondary N) is 1. The minimum atomic E-state index is -0.252. The monoisotopic (exact) mass is 457 g/mol. The molecular weight excluding hydrogens is 434 g/mol. The van der Waals surface area contributed by atoms with Crippen molar-refractivity contribution in [3.05, 3.63) is 48.0 Å². The van der Waals surface area contributed by atoms with Gasteiger partial charge in [-0.25, -0.2) is 4.98 Å². The Hall–Kier alpha value is -4.10. The number of hydrogen-bond donors (Lipinski definition) is 1. The van der Waals surface area contributed by atoms with E-state index in [0.29, 0.717) is 29.2 Å². The molecule has 0 bridgehead atoms. The van der Waals surface area contributed by atoms with E-state index >= 15 is 0 Å². The first-order chi connectivity index (χ1) is 16.6. The van der Waals surface area contributed by atoms with Crippen LogP contribution in [0.3, 0.4) is 0 Å². The first kappa shape index (κ1) is 21.7. The summed E-state index contributed by atoms with van der Waals surface area (Å²) in [5, 5.41) is 20.8. The van der Waals surface area contributed by atoms with Gasteiger partial charge in [-0.2, -0.15) is 10.4 Å². The van der Waals surface area contributed by atoms with Crippen molar-refractivity contribution in [3.8, 4) is 11.9 Å². The van der Waals surface area contributed by atoms with Crippen LogP contribution in [0.15, 0.2) is 36.7 Å². The van der Waals surface area contributed by atoms with E-state index in [4.69, 9.17) is 14.5 Å². The number of anilines is 1. The molecule has 0 radical (unpaired) electrons. The van der Waals surface area contributed by atoms with Crippen molar-refractivity contribution in [1.82, 2.24) is 24.7 Å². The van der Waals surface area contributed by atoms with Gasteiger partial charge in [0.2, 0.25) is 5.91 Å². The van der Waals surface area contributed by atoms with Crippen molar-refractivity contribution >= 4 is 33.5 Å². The van der Waals surface area contributed by atoms with Gasteiger partial charge < -0.3 is 19.4 Å². The summed E-state index contributed by atoms with van der Waals surface area (Å²) < 4.78 is 13.1. The maximum Gasteiger partial charge on any atom is 0.257 e. The number of pyridine rings is 1. The molecule has 2 atom stereocenters. The number of rotatable bonds is 5. The first-order valence-corrected chi connectivity index (χ1v) is 11.0. The number of carbonyl (C=O) groups is 1. The molecule has 1 aromatic carbocycles. The molecule has 0 aliphatic carbocycles. The van der Waals surface area contributed by atoms with Gasteiger partial charge in [0.05, 0.1) is 54.7 Å². The van der Waals surface area contributed by atoms with E-state index in [2.05, 4.69) is 31.1 Å². The summed E-state index contributed by atoms with van der Waals surface area (Å²) in [6, 6.07) is 9.37. The fourth-order valence-electron chi connectivity index (χ4n) is 4.52. The van der Waals surface area contributed by atoms with Crippen LogP contribution in [0.1, 0.15) is 37.2 Å². The summed E-state index contributed by atoms with van der Waals surface area (Å²) in [7, 11) is 1.47. The summed E-state index contributed by atoms with van der Waals surface area (Å²) in [6.07, 6.45) is 4.94. The van der Waals surface area contributed by atoms with E-state index in [1.165, 1.54) is 13.3 Å². The van der Waals surface area contributed by atoms with E-state index in [1.807, 2.05) is 19.1 Å². The third-order valence-corrected chi connectivity index (χ3v) is 6.01. The maximum absolute atomic E-state index is 13.0. The zero-order valence-electron chi connectivity index (χ0n) is 18.9. The van der Waals surface area contributed by atoms with Crippen LogP contribution in [0.5, 0.6) is 5.88 Å². The van der Waals surface area contributed by atoms with Gasteiger partial charge in [-0.15, -0.1) is 5.10 Å². The van der Waals surface area contributed by atoms with Crippen LogP contribution in [-0.4, -0.2) is 50.5 Å². The number of ether oxygens (including phenoxy) is 2. The number of benzene rings is 1. The lowest BCUT2D eigenvalue weighted by atomic mass is 10.0. The molecule has 1 aliphatic heterocycles. The minimum Gasteiger partial charge on any atom is -0.478 e. The molecule has 0 saturated carbocycles. The average Bonchev–Trinajstić information content (AvgIpc) is 3.22. The molecule has 0 unspecified atom stereocenters. The fourth-order valence-corrected chi connectivity index (χ4v) is 4.52. The SMILES string of the molecule is COc1nnccc1NC(=O)Cc1nc2cnc3ccc(C#N)cc3c2n1[C@@H]1CCO[C@H](C)C1. The van der Waals surface area contributed by atoms with Crippen molar-refractivity contribution in [2.24, 2.45) is 0 Å². The van der Waals surface area contributed by atoms with Crippen LogP contribution in [0, 0.1) is 11.3 Å². The number of hydrogen-bond acceptors (Lipinski definition) is 8. The average molecular weight is 457 g/mol. The highest BCUT2D eigenvalue weighted by Crippen LogP contribution is 2.34. The minimum absolute atomic E-state index is 0.0470. The molecule has 10 nitrogen and oxygen atoms in total. The van der Waals surface area contributed by atoms with Gasteiger partial charge in [0.1, 0.15) is 17.0 Å². The number of imidazole rings is 1. The van der Waals surface area contributed by atoms with Crippen molar-refractivity contribution in [1.29, 1.82) is 5.26 Å². The molecule has 10 heteroatoms. The van der Waals surface area contributed by atoms with E-state index in [1.54, 1.807) is 18.3 Å². The van der Waals surface area contributed by atoms with Crippen LogP contribution in [0.25, 0.3) is 21.9 Å². The van der Waals surface area contributed by atoms with Crippen molar-refractivity contribution in [2.75, 3.05) is 19.0 Å². The first-order valence-electron chi connectivity index (χ1n) is 11.0. The Morgan fingerprint density at radius 2 is 2.24 bits per heavy atom. The van der Waals surface area contributed by atoms with Crippen LogP contribution in [0.2, 0.25) is 0 Å². The molecule has 5 rings (SSSR count). The zero-order valence-corrected chi connectivity index (χ0v) is 18.9. The Bertz CT molecular complexity index is 1430. The lowest BCUT2D eigenvalue weighted by Gasteiger charge is -2.30. The topological polar surface area (TPSA) is 128 Å². The highest BCUT2D eigenvalue weighted by atomic mass is 16.5. The number of nitrogens with zero attached hydrogens (tertiary/aromatic N) is 6. The largest absolute Gasteiger partial charge is 0.478 e. The molecule has 4 heterocycles. The summed E-state index contributed by atoms with van der Waals surface area (Å²) in [6.45, 7) is 2.68. The van der Waals surface area contributed by atoms with Gasteiger partial charge in [-0.05, 0) is 44.0 Å². The van der Waals surface area contributed by atoms with E-state index in [0.717, 1.165) is 29.3 Å². The molecule has 4 aromatic rings. The number of fused-ring (bicyclic) bond motifs is 3. The van der Waals surface area contributed by atoms with Crippen LogP contribution in [-0.2, 0) is 16.0 Å². The Labute approximate surface area is 195 Å². The lowest BCUT2D eigenvalue weighted by Crippen LogP contribution is -2.27. The molecule has 1 amide bonds. The predicted octanol–water partition coefficient (Wildman–Crippen LogP) is 3.18. The standard InChI is InChI=1S/C24H23N7O3/c1-14-9-16(6-8-34-14)31-21(11-22(32)29-19-5-7-27-30-24(19)33-2)28-20-13-26-18-4-3-15(12-25)10-17(18)23(20)31/h3-5,7,10,13-14,16H,6,8-9,11H2,1-2H3,(H,27,29,32)/t14-,16-/m1/s1. The predicted molar refractivity (Wildman–Crippen MR) is 124 cm³/mol. The fraction of sp³-hybridized carbons (Fsp3) is 0.333. The number of nitriles is 1. The molecule has 1 fully saturated rings. The number of methoxy groups -OCH3 is 1. The smallest absolute Gasteiger partial charge is 0.257 e. The van der Waals surface area contributed by atoms with Gasteiger partial charge in [0.25, 0.3) is 5.88 Å². The van der Waals surface area contributed by atoms with E-state index < -0.39 is 0 Å². The molecule has 3 aromatic heterocycles. The quantitative estimate of drug-likeness (QED) is 0.484. The third-order valence-electron chi connectivity index (χ3n) is 6.01. The highest BCUT2D eigenvalue weighted by Gasteiger charge is 2.27. The Kier molecular flexibility index (Phi) is 5.77. The normalized spacial score (nSPS) is 18.0. The molecule has 172 valence electrons. The molecule has 1 N–H and O–H groups in total. The Morgan fingerprint density at radius 3 is 3.03 bits per heavy atom. The molecule has 1 aliphatic rings. The molecule has 34 heavy (non-hydrogen) atoms. The highest BCUT2D eigenvalue weighted by molar-refractivity contribution is 6.03. The Balaban J connectivity index is 1.60. The second-order valence-corrected chi connectivity index (χ2v) is 8.27. The van der Waals surface area contributed by atoms with E-state index in [9.17, 15) is 10.1 Å². The summed E-state index contributed by atoms with van der Waals surface area (Å²) in [5.41, 5.74) is 3.33. The van der Waals surface area contributed by atoms with Crippen molar-refractivity contribution in [3.63, 3.8) is 0 Å². The summed E-state index contributed by atoms with van der Waals surface area (Å²) in [5.74, 6) is 0.615. The number of amides is 1. The van der Waals surface area contributed by atoms with Crippen LogP contribution < -0.4 is 10.1 Å². The summed E-state index contributed by atoms with van der Waals surface area (Å²) >= 11 is 0. The van der Waals surface area contributed by atoms with Crippen molar-refractivity contribution in [2.45, 2.75) is 38.3 Å². The van der Waals surface area contributed by atoms with E-state index in [-0.39, 0.29) is 30.4 Å². The Morgan fingerprint density at radius 1 is 1.35 bits per heavy atom. The van der Waals surface area contributed by atoms with Gasteiger partial charge in [0.15, 0.2) is 0 Å². The number of carbonyl (C=O) groups excluding carboxylic acids is 1. The summed E-state index contributed by atoms with van der Waals surface area (Å²) in [4.78, 5) is 22.4. The van der Waals surface area contributed by atoms with Crippen LogP contribution >= 0.6 is 0 Å². The lowest BCUT2D eigenvalue weighted by molar-refractivity contribution is -0.115. The second kappa shape index (κ2) is 9.03. The number of aromatic nitrogens is 5.